The molecule has 33 heavy (non-hydrogen) atoms. The molecule has 1 aromatic carbocycles. The lowest BCUT2D eigenvalue weighted by atomic mass is 10.0. The van der Waals surface area contributed by atoms with E-state index in [0.717, 1.165) is 28.4 Å². The van der Waals surface area contributed by atoms with Crippen molar-refractivity contribution in [2.24, 2.45) is 5.92 Å². The van der Waals surface area contributed by atoms with Crippen LogP contribution in [0.2, 0.25) is 0 Å². The number of nitrogens with zero attached hydrogens (tertiary/aromatic N) is 5. The van der Waals surface area contributed by atoms with Gasteiger partial charge in [0.05, 0.1) is 25.5 Å². The van der Waals surface area contributed by atoms with Gasteiger partial charge in [-0.25, -0.2) is 14.5 Å². The Labute approximate surface area is 194 Å². The molecule has 0 saturated carbocycles. The highest BCUT2D eigenvalue weighted by molar-refractivity contribution is 5.66. The fourth-order valence-corrected chi connectivity index (χ4v) is 3.45. The summed E-state index contributed by atoms with van der Waals surface area (Å²) >= 11 is 0. The number of hydrogen-bond acceptors (Lipinski definition) is 6. The van der Waals surface area contributed by atoms with Crippen molar-refractivity contribution in [3.05, 3.63) is 54.4 Å². The smallest absolute Gasteiger partial charge is 0.407 e. The van der Waals surface area contributed by atoms with Crippen LogP contribution in [-0.4, -0.2) is 61.8 Å². The highest BCUT2D eigenvalue weighted by Gasteiger charge is 2.27. The molecular weight excluding hydrogens is 420 g/mol. The normalized spacial score (nSPS) is 12.3. The number of carbonyl (C=O) groups is 1. The standard InChI is InChI=1S/C24H32N6O3/c1-17(15-29(23(31)32)24(2,3)4)12-25-22-11-8-19(13-26-22)21-14-27-28-30(21)16-18-6-9-20(33-5)10-7-18/h6-11,13-14,17H,12,15-16H2,1-5H3,(H,25,26)(H,31,32). The van der Waals surface area contributed by atoms with Crippen LogP contribution in [0.15, 0.2) is 48.8 Å². The van der Waals surface area contributed by atoms with Crippen molar-refractivity contribution in [1.29, 1.82) is 0 Å². The van der Waals surface area contributed by atoms with Crippen LogP contribution in [0.1, 0.15) is 33.3 Å². The van der Waals surface area contributed by atoms with E-state index in [1.807, 2.05) is 68.8 Å². The first-order chi connectivity index (χ1) is 15.7. The summed E-state index contributed by atoms with van der Waals surface area (Å²) in [5.41, 5.74) is 2.44. The van der Waals surface area contributed by atoms with Crippen LogP contribution in [0.3, 0.4) is 0 Å². The molecule has 176 valence electrons. The summed E-state index contributed by atoms with van der Waals surface area (Å²) in [5.74, 6) is 1.67. The minimum Gasteiger partial charge on any atom is -0.497 e. The number of rotatable bonds is 9. The number of hydrogen-bond donors (Lipinski definition) is 2. The third-order valence-electron chi connectivity index (χ3n) is 5.33. The van der Waals surface area contributed by atoms with Crippen LogP contribution in [0.5, 0.6) is 5.75 Å². The molecule has 2 N–H and O–H groups in total. The molecule has 3 rings (SSSR count). The molecule has 0 aliphatic heterocycles. The Morgan fingerprint density at radius 2 is 1.91 bits per heavy atom. The molecule has 0 bridgehead atoms. The maximum absolute atomic E-state index is 11.6. The second-order valence-corrected chi connectivity index (χ2v) is 9.11. The molecule has 1 amide bonds. The van der Waals surface area contributed by atoms with E-state index in [1.165, 1.54) is 4.90 Å². The summed E-state index contributed by atoms with van der Waals surface area (Å²) in [6, 6.07) is 11.7. The molecule has 0 aliphatic carbocycles. The summed E-state index contributed by atoms with van der Waals surface area (Å²) in [6.45, 7) is 9.36. The zero-order valence-corrected chi connectivity index (χ0v) is 19.8. The second kappa shape index (κ2) is 10.3. The van der Waals surface area contributed by atoms with E-state index in [1.54, 1.807) is 19.5 Å². The number of ether oxygens (including phenoxy) is 1. The topological polar surface area (TPSA) is 105 Å². The Kier molecular flexibility index (Phi) is 7.52. The molecule has 0 radical (unpaired) electrons. The highest BCUT2D eigenvalue weighted by atomic mass is 16.5. The van der Waals surface area contributed by atoms with E-state index < -0.39 is 11.6 Å². The average Bonchev–Trinajstić information content (AvgIpc) is 3.24. The van der Waals surface area contributed by atoms with Crippen molar-refractivity contribution < 1.29 is 14.6 Å². The molecule has 2 heterocycles. The largest absolute Gasteiger partial charge is 0.497 e. The van der Waals surface area contributed by atoms with E-state index in [9.17, 15) is 9.90 Å². The monoisotopic (exact) mass is 452 g/mol. The summed E-state index contributed by atoms with van der Waals surface area (Å²) < 4.78 is 7.04. The number of methoxy groups -OCH3 is 1. The van der Waals surface area contributed by atoms with Crippen molar-refractivity contribution in [2.45, 2.75) is 39.8 Å². The summed E-state index contributed by atoms with van der Waals surface area (Å²) in [4.78, 5) is 17.5. The fraction of sp³-hybridized carbons (Fsp3) is 0.417. The van der Waals surface area contributed by atoms with Crippen LogP contribution in [-0.2, 0) is 6.54 Å². The number of benzene rings is 1. The quantitative estimate of drug-likeness (QED) is 0.501. The molecule has 3 aromatic rings. The van der Waals surface area contributed by atoms with Gasteiger partial charge in [-0.3, -0.25) is 0 Å². The van der Waals surface area contributed by atoms with Crippen molar-refractivity contribution in [1.82, 2.24) is 24.9 Å². The third-order valence-corrected chi connectivity index (χ3v) is 5.33. The maximum atomic E-state index is 11.6. The predicted octanol–water partition coefficient (Wildman–Crippen LogP) is 4.22. The molecule has 0 spiro atoms. The molecule has 9 nitrogen and oxygen atoms in total. The van der Waals surface area contributed by atoms with E-state index in [-0.39, 0.29) is 5.92 Å². The molecule has 0 fully saturated rings. The Morgan fingerprint density at radius 1 is 1.18 bits per heavy atom. The van der Waals surface area contributed by atoms with E-state index in [4.69, 9.17) is 4.74 Å². The van der Waals surface area contributed by atoms with Gasteiger partial charge < -0.3 is 20.1 Å². The lowest BCUT2D eigenvalue weighted by Crippen LogP contribution is -2.47. The van der Waals surface area contributed by atoms with E-state index in [0.29, 0.717) is 19.6 Å². The first-order valence-electron chi connectivity index (χ1n) is 10.9. The number of nitrogens with one attached hydrogen (secondary N) is 1. The van der Waals surface area contributed by atoms with Crippen LogP contribution < -0.4 is 10.1 Å². The fourth-order valence-electron chi connectivity index (χ4n) is 3.45. The Balaban J connectivity index is 1.60. The maximum Gasteiger partial charge on any atom is 0.407 e. The second-order valence-electron chi connectivity index (χ2n) is 9.11. The van der Waals surface area contributed by atoms with Gasteiger partial charge in [-0.2, -0.15) is 0 Å². The first-order valence-corrected chi connectivity index (χ1v) is 10.9. The predicted molar refractivity (Wildman–Crippen MR) is 127 cm³/mol. The third kappa shape index (κ3) is 6.44. The zero-order chi connectivity index (χ0) is 24.0. The highest BCUT2D eigenvalue weighted by Crippen LogP contribution is 2.21. The van der Waals surface area contributed by atoms with Crippen molar-refractivity contribution in [3.8, 4) is 17.0 Å². The molecular formula is C24H32N6O3. The van der Waals surface area contributed by atoms with Gasteiger partial charge in [-0.15, -0.1) is 5.10 Å². The van der Waals surface area contributed by atoms with Gasteiger partial charge in [0.1, 0.15) is 11.6 Å². The van der Waals surface area contributed by atoms with Crippen molar-refractivity contribution in [2.75, 3.05) is 25.5 Å². The number of pyridine rings is 1. The van der Waals surface area contributed by atoms with Gasteiger partial charge in [-0.05, 0) is 56.5 Å². The zero-order valence-electron chi connectivity index (χ0n) is 19.8. The van der Waals surface area contributed by atoms with Gasteiger partial charge in [-0.1, -0.05) is 24.3 Å². The van der Waals surface area contributed by atoms with Crippen molar-refractivity contribution in [3.63, 3.8) is 0 Å². The SMILES string of the molecule is COc1ccc(Cn2nncc2-c2ccc(NCC(C)CN(C(=O)O)C(C)(C)C)nc2)cc1. The van der Waals surface area contributed by atoms with Gasteiger partial charge in [0, 0.05) is 30.4 Å². The summed E-state index contributed by atoms with van der Waals surface area (Å²) in [6.07, 6.45) is 2.61. The van der Waals surface area contributed by atoms with Crippen LogP contribution >= 0.6 is 0 Å². The van der Waals surface area contributed by atoms with Crippen LogP contribution in [0.4, 0.5) is 10.6 Å². The molecule has 0 aliphatic rings. The molecule has 2 aromatic heterocycles. The molecule has 1 atom stereocenters. The van der Waals surface area contributed by atoms with Crippen molar-refractivity contribution >= 4 is 11.9 Å². The minimum atomic E-state index is -0.906. The first kappa shape index (κ1) is 24.0. The molecule has 1 unspecified atom stereocenters. The van der Waals surface area contributed by atoms with Gasteiger partial charge >= 0.3 is 6.09 Å². The van der Waals surface area contributed by atoms with Gasteiger partial charge in [0.15, 0.2) is 0 Å². The lowest BCUT2D eigenvalue weighted by Gasteiger charge is -2.35. The number of anilines is 1. The Bertz CT molecular complexity index is 1040. The number of amides is 1. The summed E-state index contributed by atoms with van der Waals surface area (Å²) in [5, 5.41) is 21.1. The Morgan fingerprint density at radius 3 is 2.48 bits per heavy atom. The average molecular weight is 453 g/mol. The van der Waals surface area contributed by atoms with Gasteiger partial charge in [0.2, 0.25) is 0 Å². The van der Waals surface area contributed by atoms with Crippen LogP contribution in [0, 0.1) is 5.92 Å². The minimum absolute atomic E-state index is 0.122. The molecule has 0 saturated heterocycles. The lowest BCUT2D eigenvalue weighted by molar-refractivity contribution is 0.0917. The van der Waals surface area contributed by atoms with E-state index >= 15 is 0 Å². The molecule has 9 heteroatoms. The summed E-state index contributed by atoms with van der Waals surface area (Å²) in [7, 11) is 1.65. The number of aromatic nitrogens is 4. The van der Waals surface area contributed by atoms with Crippen LogP contribution in [0.25, 0.3) is 11.3 Å². The number of carboxylic acid groups (broad SMARTS) is 1. The van der Waals surface area contributed by atoms with Gasteiger partial charge in [0.25, 0.3) is 0 Å². The van der Waals surface area contributed by atoms with E-state index in [2.05, 4.69) is 20.6 Å². The Hall–Kier alpha value is -3.62.